The summed E-state index contributed by atoms with van der Waals surface area (Å²) in [5.74, 6) is -0.632. The summed E-state index contributed by atoms with van der Waals surface area (Å²) in [5.41, 5.74) is 2.76. The van der Waals surface area contributed by atoms with Crippen LogP contribution in [0.4, 0.5) is 0 Å². The third-order valence-electron chi connectivity index (χ3n) is 4.07. The van der Waals surface area contributed by atoms with Crippen molar-refractivity contribution in [2.45, 2.75) is 32.8 Å². The molecule has 29 heavy (non-hydrogen) atoms. The molecule has 0 radical (unpaired) electrons. The zero-order chi connectivity index (χ0) is 21.0. The van der Waals surface area contributed by atoms with Crippen LogP contribution in [0.1, 0.15) is 43.1 Å². The first-order valence-corrected chi connectivity index (χ1v) is 9.24. The number of carbonyl (C=O) groups is 2. The molecule has 2 heterocycles. The van der Waals surface area contributed by atoms with Crippen molar-refractivity contribution in [2.24, 2.45) is 0 Å². The smallest absolute Gasteiger partial charge is 0.308 e. The van der Waals surface area contributed by atoms with Gasteiger partial charge in [0.15, 0.2) is 0 Å². The molecule has 1 amide bonds. The van der Waals surface area contributed by atoms with Crippen LogP contribution in [0, 0.1) is 11.3 Å². The van der Waals surface area contributed by atoms with Crippen molar-refractivity contribution in [3.05, 3.63) is 59.9 Å². The summed E-state index contributed by atoms with van der Waals surface area (Å²) in [7, 11) is 0. The van der Waals surface area contributed by atoms with Crippen LogP contribution in [0.5, 0.6) is 0 Å². The van der Waals surface area contributed by atoms with E-state index in [1.54, 1.807) is 51.2 Å². The second-order valence-electron chi connectivity index (χ2n) is 7.59. The van der Waals surface area contributed by atoms with Crippen molar-refractivity contribution in [1.82, 2.24) is 14.7 Å². The second-order valence-corrected chi connectivity index (χ2v) is 7.59. The Bertz CT molecular complexity index is 1090. The van der Waals surface area contributed by atoms with E-state index in [4.69, 9.17) is 10.00 Å². The fraction of sp³-hybridized carbons (Fsp3) is 0.273. The summed E-state index contributed by atoms with van der Waals surface area (Å²) >= 11 is 0. The van der Waals surface area contributed by atoms with E-state index in [1.165, 1.54) is 0 Å². The first kappa shape index (κ1) is 20.1. The summed E-state index contributed by atoms with van der Waals surface area (Å²) in [6.45, 7) is 5.60. The summed E-state index contributed by atoms with van der Waals surface area (Å²) in [5, 5.41) is 11.6. The molecule has 0 fully saturated rings. The van der Waals surface area contributed by atoms with Gasteiger partial charge in [-0.05, 0) is 45.0 Å². The van der Waals surface area contributed by atoms with Gasteiger partial charge in [-0.3, -0.25) is 9.59 Å². The number of amides is 1. The maximum absolute atomic E-state index is 12.4. The van der Waals surface area contributed by atoms with Gasteiger partial charge >= 0.3 is 5.97 Å². The van der Waals surface area contributed by atoms with E-state index in [-0.39, 0.29) is 24.8 Å². The molecule has 0 bridgehead atoms. The zero-order valence-electron chi connectivity index (χ0n) is 16.6. The van der Waals surface area contributed by atoms with Gasteiger partial charge in [0.2, 0.25) is 0 Å². The van der Waals surface area contributed by atoms with Crippen molar-refractivity contribution in [3.63, 3.8) is 0 Å². The maximum atomic E-state index is 12.4. The third-order valence-corrected chi connectivity index (χ3v) is 4.07. The highest BCUT2D eigenvalue weighted by molar-refractivity contribution is 5.95. The molecule has 0 aliphatic heterocycles. The molecule has 2 aromatic heterocycles. The Balaban J connectivity index is 1.67. The molecule has 148 valence electrons. The molecule has 3 rings (SSSR count). The second kappa shape index (κ2) is 8.15. The number of nitrogens with one attached hydrogen (secondary N) is 1. The van der Waals surface area contributed by atoms with E-state index in [1.807, 2.05) is 22.7 Å². The predicted octanol–water partition coefficient (Wildman–Crippen LogP) is 3.33. The van der Waals surface area contributed by atoms with Crippen LogP contribution in [-0.2, 0) is 9.53 Å². The lowest BCUT2D eigenvalue weighted by Gasteiger charge is -2.19. The number of hydrogen-bond donors (Lipinski definition) is 1. The molecule has 0 saturated carbocycles. The lowest BCUT2D eigenvalue weighted by Crippen LogP contribution is -2.29. The van der Waals surface area contributed by atoms with E-state index >= 15 is 0 Å². The Hall–Kier alpha value is -3.66. The highest BCUT2D eigenvalue weighted by Gasteiger charge is 2.16. The normalized spacial score (nSPS) is 11.1. The number of hydrogen-bond acceptors (Lipinski definition) is 5. The van der Waals surface area contributed by atoms with Crippen molar-refractivity contribution >= 4 is 17.5 Å². The van der Waals surface area contributed by atoms with Crippen molar-refractivity contribution in [3.8, 4) is 17.3 Å². The molecule has 1 aromatic carbocycles. The van der Waals surface area contributed by atoms with Crippen molar-refractivity contribution in [2.75, 3.05) is 6.54 Å². The minimum Gasteiger partial charge on any atom is -0.460 e. The Labute approximate surface area is 168 Å². The Morgan fingerprint density at radius 1 is 1.21 bits per heavy atom. The van der Waals surface area contributed by atoms with Crippen molar-refractivity contribution < 1.29 is 14.3 Å². The van der Waals surface area contributed by atoms with E-state index in [9.17, 15) is 9.59 Å². The number of rotatable bonds is 5. The summed E-state index contributed by atoms with van der Waals surface area (Å²) < 4.78 is 7.05. The number of imidazole rings is 1. The molecular formula is C22H22N4O3. The molecule has 0 saturated heterocycles. The van der Waals surface area contributed by atoms with Crippen LogP contribution in [0.15, 0.2) is 48.8 Å². The van der Waals surface area contributed by atoms with Gasteiger partial charge in [-0.1, -0.05) is 12.1 Å². The molecule has 0 unspecified atom stereocenters. The molecular weight excluding hydrogens is 368 g/mol. The standard InChI is InChI=1S/C22H22N4O3/c1-22(2,3)29-20(27)8-10-24-21(28)17-9-11-26-14-18(25-19(26)12-17)16-6-4-15(13-23)5-7-16/h4-7,9,11-12,14H,8,10H2,1-3H3,(H,24,28). The highest BCUT2D eigenvalue weighted by atomic mass is 16.6. The van der Waals surface area contributed by atoms with Gasteiger partial charge in [0.1, 0.15) is 11.2 Å². The molecule has 0 aliphatic carbocycles. The highest BCUT2D eigenvalue weighted by Crippen LogP contribution is 2.20. The SMILES string of the molecule is CC(C)(C)OC(=O)CCNC(=O)c1ccn2cc(-c3ccc(C#N)cc3)nc2c1. The Kier molecular flexibility index (Phi) is 5.64. The number of esters is 1. The monoisotopic (exact) mass is 390 g/mol. The summed E-state index contributed by atoms with van der Waals surface area (Å²) in [6.07, 6.45) is 3.73. The Morgan fingerprint density at radius 2 is 1.93 bits per heavy atom. The first-order chi connectivity index (χ1) is 13.7. The quantitative estimate of drug-likeness (QED) is 0.674. The van der Waals surface area contributed by atoms with Gasteiger partial charge in [-0.25, -0.2) is 4.98 Å². The zero-order valence-corrected chi connectivity index (χ0v) is 16.6. The Morgan fingerprint density at radius 3 is 2.59 bits per heavy atom. The van der Waals surface area contributed by atoms with Crippen LogP contribution < -0.4 is 5.32 Å². The number of benzene rings is 1. The van der Waals surface area contributed by atoms with Gasteiger partial charge in [0, 0.05) is 30.1 Å². The topological polar surface area (TPSA) is 96.5 Å². The van der Waals surface area contributed by atoms with Crippen LogP contribution in [-0.4, -0.2) is 33.4 Å². The average Bonchev–Trinajstić information content (AvgIpc) is 3.09. The fourth-order valence-electron chi connectivity index (χ4n) is 2.75. The van der Waals surface area contributed by atoms with E-state index in [2.05, 4.69) is 16.4 Å². The van der Waals surface area contributed by atoms with Gasteiger partial charge in [0.05, 0.1) is 23.7 Å². The van der Waals surface area contributed by atoms with E-state index < -0.39 is 5.60 Å². The summed E-state index contributed by atoms with van der Waals surface area (Å²) in [4.78, 5) is 28.7. The van der Waals surface area contributed by atoms with Crippen LogP contribution in [0.25, 0.3) is 16.9 Å². The lowest BCUT2D eigenvalue weighted by molar-refractivity contribution is -0.154. The number of nitriles is 1. The number of aromatic nitrogens is 2. The molecule has 0 spiro atoms. The molecule has 0 atom stereocenters. The number of nitrogens with zero attached hydrogens (tertiary/aromatic N) is 3. The largest absolute Gasteiger partial charge is 0.460 e. The minimum absolute atomic E-state index is 0.109. The first-order valence-electron chi connectivity index (χ1n) is 9.24. The predicted molar refractivity (Wildman–Crippen MR) is 108 cm³/mol. The van der Waals surface area contributed by atoms with E-state index in [0.29, 0.717) is 16.8 Å². The van der Waals surface area contributed by atoms with Gasteiger partial charge < -0.3 is 14.5 Å². The molecule has 3 aromatic rings. The number of pyridine rings is 1. The maximum Gasteiger partial charge on any atom is 0.308 e. The van der Waals surface area contributed by atoms with Gasteiger partial charge in [0.25, 0.3) is 5.91 Å². The molecule has 0 aliphatic rings. The minimum atomic E-state index is -0.542. The van der Waals surface area contributed by atoms with E-state index in [0.717, 1.165) is 11.3 Å². The van der Waals surface area contributed by atoms with Crippen LogP contribution in [0.2, 0.25) is 0 Å². The average molecular weight is 390 g/mol. The van der Waals surface area contributed by atoms with Gasteiger partial charge in [-0.15, -0.1) is 0 Å². The van der Waals surface area contributed by atoms with Crippen LogP contribution >= 0.6 is 0 Å². The molecule has 1 N–H and O–H groups in total. The number of ether oxygens (including phenoxy) is 1. The van der Waals surface area contributed by atoms with Crippen molar-refractivity contribution in [1.29, 1.82) is 5.26 Å². The van der Waals surface area contributed by atoms with Gasteiger partial charge in [-0.2, -0.15) is 5.26 Å². The molecule has 7 nitrogen and oxygen atoms in total. The third kappa shape index (κ3) is 5.20. The van der Waals surface area contributed by atoms with Crippen LogP contribution in [0.3, 0.4) is 0 Å². The molecule has 7 heteroatoms. The lowest BCUT2D eigenvalue weighted by atomic mass is 10.1. The number of carbonyl (C=O) groups excluding carboxylic acids is 2. The fourth-order valence-corrected chi connectivity index (χ4v) is 2.75. The summed E-state index contributed by atoms with van der Waals surface area (Å²) in [6, 6.07) is 12.6. The number of fused-ring (bicyclic) bond motifs is 1.